The second-order valence-corrected chi connectivity index (χ2v) is 5.88. The maximum absolute atomic E-state index is 11.9. The third-order valence-electron chi connectivity index (χ3n) is 3.09. The molecule has 0 bridgehead atoms. The van der Waals surface area contributed by atoms with Crippen molar-refractivity contribution in [2.45, 2.75) is 38.8 Å². The summed E-state index contributed by atoms with van der Waals surface area (Å²) in [7, 11) is 1.63. The van der Waals surface area contributed by atoms with Gasteiger partial charge in [-0.05, 0) is 57.5 Å². The van der Waals surface area contributed by atoms with Crippen LogP contribution >= 0.6 is 0 Å². The van der Waals surface area contributed by atoms with E-state index in [0.717, 1.165) is 30.0 Å². The summed E-state index contributed by atoms with van der Waals surface area (Å²) >= 11 is 0. The van der Waals surface area contributed by atoms with Gasteiger partial charge in [-0.1, -0.05) is 0 Å². The Morgan fingerprint density at radius 3 is 2.60 bits per heavy atom. The zero-order valence-corrected chi connectivity index (χ0v) is 12.4. The predicted octanol–water partition coefficient (Wildman–Crippen LogP) is 3.08. The van der Waals surface area contributed by atoms with Crippen LogP contribution in [0.4, 0.5) is 10.5 Å². The third-order valence-corrected chi connectivity index (χ3v) is 3.09. The van der Waals surface area contributed by atoms with Crippen LogP contribution < -0.4 is 15.4 Å². The molecule has 1 fully saturated rings. The van der Waals surface area contributed by atoms with Crippen LogP contribution in [0.1, 0.15) is 38.8 Å². The van der Waals surface area contributed by atoms with Crippen LogP contribution in [0.15, 0.2) is 18.2 Å². The number of carbonyl (C=O) groups is 1. The van der Waals surface area contributed by atoms with E-state index in [1.165, 1.54) is 0 Å². The third kappa shape index (κ3) is 3.63. The first-order chi connectivity index (χ1) is 9.39. The molecule has 0 spiro atoms. The van der Waals surface area contributed by atoms with Crippen LogP contribution in [0.3, 0.4) is 0 Å². The summed E-state index contributed by atoms with van der Waals surface area (Å²) in [5.41, 5.74) is 1.28. The van der Waals surface area contributed by atoms with Gasteiger partial charge in [-0.25, -0.2) is 4.79 Å². The largest absolute Gasteiger partial charge is 0.497 e. The van der Waals surface area contributed by atoms with Gasteiger partial charge >= 0.3 is 6.09 Å². The Morgan fingerprint density at radius 1 is 1.40 bits per heavy atom. The van der Waals surface area contributed by atoms with E-state index in [1.807, 2.05) is 39.0 Å². The Morgan fingerprint density at radius 2 is 2.10 bits per heavy atom. The molecule has 2 rings (SSSR count). The van der Waals surface area contributed by atoms with E-state index >= 15 is 0 Å². The molecule has 5 heteroatoms. The predicted molar refractivity (Wildman–Crippen MR) is 78.2 cm³/mol. The lowest BCUT2D eigenvalue weighted by molar-refractivity contribution is 0.0635. The summed E-state index contributed by atoms with van der Waals surface area (Å²) in [6, 6.07) is 5.88. The minimum Gasteiger partial charge on any atom is -0.497 e. The molecule has 1 saturated heterocycles. The number of methoxy groups -OCH3 is 1. The van der Waals surface area contributed by atoms with Crippen LogP contribution in [0.2, 0.25) is 0 Å². The first-order valence-electron chi connectivity index (χ1n) is 6.80. The highest BCUT2D eigenvalue weighted by atomic mass is 16.6. The zero-order chi connectivity index (χ0) is 14.8. The highest BCUT2D eigenvalue weighted by Gasteiger charge is 2.24. The number of benzene rings is 1. The van der Waals surface area contributed by atoms with Gasteiger partial charge in [0.1, 0.15) is 11.4 Å². The van der Waals surface area contributed by atoms with Crippen molar-refractivity contribution in [1.29, 1.82) is 0 Å². The Bertz CT molecular complexity index is 490. The van der Waals surface area contributed by atoms with Crippen molar-refractivity contribution in [2.24, 2.45) is 0 Å². The van der Waals surface area contributed by atoms with E-state index in [0.29, 0.717) is 0 Å². The number of amides is 1. The first-order valence-corrected chi connectivity index (χ1v) is 6.80. The summed E-state index contributed by atoms with van der Waals surface area (Å²) in [4.78, 5) is 11.9. The summed E-state index contributed by atoms with van der Waals surface area (Å²) in [5.74, 6) is 0.781. The molecular weight excluding hydrogens is 256 g/mol. The Balaban J connectivity index is 2.15. The number of hydrogen-bond acceptors (Lipinski definition) is 4. The molecule has 1 heterocycles. The zero-order valence-electron chi connectivity index (χ0n) is 12.4. The molecule has 110 valence electrons. The molecule has 2 N–H and O–H groups in total. The average Bonchev–Trinajstić information content (AvgIpc) is 2.26. The van der Waals surface area contributed by atoms with E-state index in [2.05, 4.69) is 10.6 Å². The Labute approximate surface area is 119 Å². The van der Waals surface area contributed by atoms with Crippen LogP contribution in [0, 0.1) is 0 Å². The van der Waals surface area contributed by atoms with Crippen LogP contribution in [0.25, 0.3) is 0 Å². The highest BCUT2D eigenvalue weighted by molar-refractivity contribution is 5.86. The molecule has 20 heavy (non-hydrogen) atoms. The van der Waals surface area contributed by atoms with E-state index in [9.17, 15) is 4.79 Å². The summed E-state index contributed by atoms with van der Waals surface area (Å²) in [6.45, 7) is 6.52. The molecule has 0 radical (unpaired) electrons. The van der Waals surface area contributed by atoms with Gasteiger partial charge in [-0.2, -0.15) is 0 Å². The fourth-order valence-corrected chi connectivity index (χ4v) is 2.04. The molecule has 0 aromatic heterocycles. The van der Waals surface area contributed by atoms with Gasteiger partial charge < -0.3 is 14.8 Å². The summed E-state index contributed by atoms with van der Waals surface area (Å²) in [5, 5.41) is 6.14. The lowest BCUT2D eigenvalue weighted by atomic mass is 9.96. The topological polar surface area (TPSA) is 59.6 Å². The lowest BCUT2D eigenvalue weighted by Crippen LogP contribution is -2.36. The van der Waals surface area contributed by atoms with Crippen molar-refractivity contribution < 1.29 is 14.3 Å². The maximum atomic E-state index is 11.9. The molecule has 0 aliphatic carbocycles. The SMILES string of the molecule is COc1ccc(NC(=O)OC(C)(C)C)c(C2CCN2)c1. The number of nitrogens with one attached hydrogen (secondary N) is 2. The molecule has 1 aromatic carbocycles. The summed E-state index contributed by atoms with van der Waals surface area (Å²) < 4.78 is 10.5. The van der Waals surface area contributed by atoms with Crippen LogP contribution in [0.5, 0.6) is 5.75 Å². The molecule has 5 nitrogen and oxygen atoms in total. The number of anilines is 1. The first kappa shape index (κ1) is 14.7. The summed E-state index contributed by atoms with van der Waals surface area (Å²) in [6.07, 6.45) is 0.610. The van der Waals surface area contributed by atoms with Gasteiger partial charge in [0.05, 0.1) is 7.11 Å². The van der Waals surface area contributed by atoms with Crippen molar-refractivity contribution in [3.8, 4) is 5.75 Å². The molecular formula is C15H22N2O3. The molecule has 1 aliphatic rings. The van der Waals surface area contributed by atoms with Crippen molar-refractivity contribution in [1.82, 2.24) is 5.32 Å². The number of hydrogen-bond donors (Lipinski definition) is 2. The van der Waals surface area contributed by atoms with Crippen molar-refractivity contribution in [3.63, 3.8) is 0 Å². The van der Waals surface area contributed by atoms with Gasteiger partial charge in [0.2, 0.25) is 0 Å². The number of rotatable bonds is 3. The van der Waals surface area contributed by atoms with Gasteiger partial charge in [0, 0.05) is 11.7 Å². The quantitative estimate of drug-likeness (QED) is 0.892. The molecule has 1 aliphatic heterocycles. The number of ether oxygens (including phenoxy) is 2. The van der Waals surface area contributed by atoms with Gasteiger partial charge in [0.25, 0.3) is 0 Å². The second kappa shape index (κ2) is 5.71. The molecule has 1 unspecified atom stereocenters. The fraction of sp³-hybridized carbons (Fsp3) is 0.533. The van der Waals surface area contributed by atoms with Gasteiger partial charge in [-0.3, -0.25) is 5.32 Å². The molecule has 0 saturated carbocycles. The smallest absolute Gasteiger partial charge is 0.412 e. The Hall–Kier alpha value is -1.75. The van der Waals surface area contributed by atoms with E-state index in [-0.39, 0.29) is 6.04 Å². The maximum Gasteiger partial charge on any atom is 0.412 e. The van der Waals surface area contributed by atoms with Gasteiger partial charge in [-0.15, -0.1) is 0 Å². The lowest BCUT2D eigenvalue weighted by Gasteiger charge is -2.30. The van der Waals surface area contributed by atoms with E-state index in [4.69, 9.17) is 9.47 Å². The van der Waals surface area contributed by atoms with Crippen LogP contribution in [-0.4, -0.2) is 25.3 Å². The highest BCUT2D eigenvalue weighted by Crippen LogP contribution is 2.32. The number of carbonyl (C=O) groups excluding carboxylic acids is 1. The van der Waals surface area contributed by atoms with Crippen molar-refractivity contribution >= 4 is 11.8 Å². The standard InChI is InChI=1S/C15H22N2O3/c1-15(2,3)20-14(18)17-13-6-5-10(19-4)9-11(13)12-7-8-16-12/h5-6,9,12,16H,7-8H2,1-4H3,(H,17,18). The monoisotopic (exact) mass is 278 g/mol. The van der Waals surface area contributed by atoms with E-state index < -0.39 is 11.7 Å². The minimum atomic E-state index is -0.508. The molecule has 1 atom stereocenters. The minimum absolute atomic E-state index is 0.259. The molecule has 1 amide bonds. The van der Waals surface area contributed by atoms with Crippen molar-refractivity contribution in [3.05, 3.63) is 23.8 Å². The van der Waals surface area contributed by atoms with Crippen molar-refractivity contribution in [2.75, 3.05) is 19.0 Å². The van der Waals surface area contributed by atoms with E-state index in [1.54, 1.807) is 7.11 Å². The van der Waals surface area contributed by atoms with Gasteiger partial charge in [0.15, 0.2) is 0 Å². The average molecular weight is 278 g/mol. The normalized spacial score (nSPS) is 18.1. The van der Waals surface area contributed by atoms with Crippen LogP contribution in [-0.2, 0) is 4.74 Å². The fourth-order valence-electron chi connectivity index (χ4n) is 2.04. The Kier molecular flexibility index (Phi) is 4.18. The second-order valence-electron chi connectivity index (χ2n) is 5.88. The molecule has 1 aromatic rings.